The highest BCUT2D eigenvalue weighted by Gasteiger charge is 2.52. The number of nitriles is 2. The first kappa shape index (κ1) is 57.6. The summed E-state index contributed by atoms with van der Waals surface area (Å²) in [6.45, 7) is 13.6. The minimum absolute atomic E-state index is 0.0749. The highest BCUT2D eigenvalue weighted by molar-refractivity contribution is 6.62. The quantitative estimate of drug-likeness (QED) is 0.0533. The fourth-order valence-electron chi connectivity index (χ4n) is 7.17. The first-order chi connectivity index (χ1) is 35.0. The molecule has 4 aromatic carbocycles. The summed E-state index contributed by atoms with van der Waals surface area (Å²) in [5.74, 6) is 0.0520. The van der Waals surface area contributed by atoms with Crippen LogP contribution in [0.1, 0.15) is 76.6 Å². The van der Waals surface area contributed by atoms with E-state index in [1.807, 2.05) is 107 Å². The molecule has 0 saturated carbocycles. The molecule has 0 amide bonds. The number of halogens is 7. The number of nitrogens with one attached hydrogen (secondary N) is 2. The van der Waals surface area contributed by atoms with Crippen molar-refractivity contribution in [1.29, 1.82) is 10.5 Å². The fraction of sp³-hybridized carbons (Fsp3) is 0.346. The topological polar surface area (TPSA) is 178 Å². The summed E-state index contributed by atoms with van der Waals surface area (Å²) in [4.78, 5) is 33.7. The molecule has 0 aliphatic carbocycles. The van der Waals surface area contributed by atoms with Crippen molar-refractivity contribution >= 4 is 36.1 Å². The average Bonchev–Trinajstić information content (AvgIpc) is 3.54. The van der Waals surface area contributed by atoms with E-state index in [0.29, 0.717) is 48.1 Å². The monoisotopic (exact) mass is 1050 g/mol. The molecule has 3 heterocycles. The third-order valence-electron chi connectivity index (χ3n) is 11.4. The number of rotatable bonds is 16. The van der Waals surface area contributed by atoms with E-state index in [1.165, 1.54) is 41.0 Å². The van der Waals surface area contributed by atoms with Gasteiger partial charge in [-0.3, -0.25) is 18.7 Å². The Bertz CT molecular complexity index is 3020. The minimum atomic E-state index is -4.85. The van der Waals surface area contributed by atoms with E-state index in [1.54, 1.807) is 4.57 Å². The molecule has 1 aliphatic rings. The molecule has 390 valence electrons. The van der Waals surface area contributed by atoms with Crippen molar-refractivity contribution in [3.05, 3.63) is 157 Å². The first-order valence-electron chi connectivity index (χ1n) is 23.3. The maximum Gasteiger partial charge on any atom is 0.573 e. The summed E-state index contributed by atoms with van der Waals surface area (Å²) in [5.41, 5.74) is 2.18. The van der Waals surface area contributed by atoms with E-state index in [4.69, 9.17) is 31.4 Å². The molecular formula is C52H54BClF6N8O6. The summed E-state index contributed by atoms with van der Waals surface area (Å²) in [6, 6.07) is 33.2. The summed E-state index contributed by atoms with van der Waals surface area (Å²) in [5, 5.41) is 24.5. The van der Waals surface area contributed by atoms with Gasteiger partial charge < -0.3 is 29.4 Å². The van der Waals surface area contributed by atoms with E-state index in [9.17, 15) is 35.9 Å². The van der Waals surface area contributed by atoms with Gasteiger partial charge in [0.2, 0.25) is 11.9 Å². The van der Waals surface area contributed by atoms with Crippen LogP contribution in [0.25, 0.3) is 11.3 Å². The van der Waals surface area contributed by atoms with Crippen LogP contribution in [0, 0.1) is 22.7 Å². The largest absolute Gasteiger partial charge is 0.573 e. The smallest absolute Gasteiger partial charge is 0.406 e. The number of alkyl halides is 6. The third kappa shape index (κ3) is 16.6. The number of hydrogen-bond acceptors (Lipinski definition) is 12. The van der Waals surface area contributed by atoms with Crippen LogP contribution in [0.2, 0.25) is 5.15 Å². The summed E-state index contributed by atoms with van der Waals surface area (Å²) >= 11 is 5.84. The molecule has 0 unspecified atom stereocenters. The van der Waals surface area contributed by atoms with Gasteiger partial charge in [0, 0.05) is 30.8 Å². The van der Waals surface area contributed by atoms with Crippen molar-refractivity contribution in [2.45, 2.75) is 104 Å². The third-order valence-corrected chi connectivity index (χ3v) is 11.6. The zero-order valence-electron chi connectivity index (χ0n) is 41.4. The molecule has 0 bridgehead atoms. The van der Waals surface area contributed by atoms with Gasteiger partial charge >= 0.3 is 19.8 Å². The first-order valence-corrected chi connectivity index (χ1v) is 23.7. The van der Waals surface area contributed by atoms with Gasteiger partial charge in [-0.1, -0.05) is 92.2 Å². The molecule has 0 radical (unpaired) electrons. The molecule has 1 saturated heterocycles. The Hall–Kier alpha value is -7.33. The molecule has 1 aliphatic heterocycles. The average molecular weight is 1050 g/mol. The lowest BCUT2D eigenvalue weighted by Crippen LogP contribution is -2.41. The summed E-state index contributed by atoms with van der Waals surface area (Å²) in [7, 11) is -0.747. The van der Waals surface area contributed by atoms with Crippen molar-refractivity contribution in [3.8, 4) is 34.9 Å². The molecule has 0 spiro atoms. The molecule has 0 atom stereocenters. The van der Waals surface area contributed by atoms with Gasteiger partial charge in [0.1, 0.15) is 16.7 Å². The standard InChI is InChI=1S/C23H21F3N4O2.C15H17BF3NO3.C14H16ClN3O/c1-2-12-28-22-29-20(14-21(31)30(22)15-16-6-4-3-5-7-16)19-9-8-18(32-23(24,25)26)13-17(19)10-11-27;1-13(2)14(3,4)23-16(22-13)12-6-5-11(21-15(17,18)19)9-10(12)7-8-20;1-2-8-16-14-17-12(15)9-13(19)18(14)10-11-6-4-3-5-7-11/h3-9,13-14H,2,10,12,15H2,1H3,(H,28,29);5-6,9H,7H2,1-4H3;3-7,9H,2,8,10H2,1H3,(H,16,17). The molecule has 14 nitrogen and oxygen atoms in total. The second kappa shape index (κ2) is 25.6. The SMILES string of the molecule is CC1(C)OB(c2ccc(OC(F)(F)F)cc2CC#N)OC1(C)C.CCCNc1nc(-c2ccc(OC(F)(F)F)cc2CC#N)cc(=O)n1Cc1ccccc1.CCCNc1nc(Cl)cc(=O)n1Cc1ccccc1. The number of hydrogen-bond donors (Lipinski definition) is 2. The second-order valence-corrected chi connectivity index (χ2v) is 18.0. The lowest BCUT2D eigenvalue weighted by atomic mass is 9.75. The maximum absolute atomic E-state index is 13.0. The van der Waals surface area contributed by atoms with Crippen molar-refractivity contribution in [3.63, 3.8) is 0 Å². The molecule has 74 heavy (non-hydrogen) atoms. The van der Waals surface area contributed by atoms with Crippen molar-refractivity contribution in [1.82, 2.24) is 19.1 Å². The van der Waals surface area contributed by atoms with E-state index >= 15 is 0 Å². The van der Waals surface area contributed by atoms with Crippen LogP contribution >= 0.6 is 11.6 Å². The zero-order valence-corrected chi connectivity index (χ0v) is 42.2. The van der Waals surface area contributed by atoms with Gasteiger partial charge in [-0.15, -0.1) is 26.3 Å². The lowest BCUT2D eigenvalue weighted by molar-refractivity contribution is -0.275. The van der Waals surface area contributed by atoms with Crippen LogP contribution in [-0.2, 0) is 35.2 Å². The molecule has 6 aromatic rings. The van der Waals surface area contributed by atoms with Crippen LogP contribution in [0.3, 0.4) is 0 Å². The molecular weight excluding hydrogens is 993 g/mol. The van der Waals surface area contributed by atoms with E-state index < -0.39 is 36.8 Å². The van der Waals surface area contributed by atoms with Crippen molar-refractivity contribution < 1.29 is 45.1 Å². The van der Waals surface area contributed by atoms with Crippen LogP contribution in [0.4, 0.5) is 38.2 Å². The van der Waals surface area contributed by atoms with Gasteiger partial charge in [0.05, 0.1) is 55.0 Å². The van der Waals surface area contributed by atoms with Gasteiger partial charge in [-0.2, -0.15) is 10.5 Å². The number of ether oxygens (including phenoxy) is 2. The van der Waals surface area contributed by atoms with Gasteiger partial charge in [0.25, 0.3) is 11.1 Å². The maximum atomic E-state index is 13.0. The van der Waals surface area contributed by atoms with E-state index in [2.05, 4.69) is 37.0 Å². The molecule has 2 aromatic heterocycles. The molecule has 22 heteroatoms. The normalized spacial score (nSPS) is 13.5. The number of anilines is 2. The highest BCUT2D eigenvalue weighted by atomic mass is 35.5. The predicted molar refractivity (Wildman–Crippen MR) is 270 cm³/mol. The van der Waals surface area contributed by atoms with Crippen LogP contribution in [0.15, 0.2) is 119 Å². The highest BCUT2D eigenvalue weighted by Crippen LogP contribution is 2.37. The van der Waals surface area contributed by atoms with Crippen LogP contribution < -0.4 is 36.7 Å². The van der Waals surface area contributed by atoms with Gasteiger partial charge in [-0.25, -0.2) is 9.97 Å². The van der Waals surface area contributed by atoms with Crippen LogP contribution in [0.5, 0.6) is 11.5 Å². The van der Waals surface area contributed by atoms with Crippen molar-refractivity contribution in [2.75, 3.05) is 23.7 Å². The summed E-state index contributed by atoms with van der Waals surface area (Å²) < 4.78 is 97.4. The lowest BCUT2D eigenvalue weighted by Gasteiger charge is -2.32. The molecule has 2 N–H and O–H groups in total. The Morgan fingerprint density at radius 1 is 0.649 bits per heavy atom. The second-order valence-electron chi connectivity index (χ2n) is 17.6. The van der Waals surface area contributed by atoms with Crippen molar-refractivity contribution in [2.24, 2.45) is 0 Å². The Balaban J connectivity index is 0.000000214. The van der Waals surface area contributed by atoms with E-state index in [0.717, 1.165) is 42.6 Å². The van der Waals surface area contributed by atoms with Gasteiger partial charge in [-0.05, 0) is 98.6 Å². The van der Waals surface area contributed by atoms with Gasteiger partial charge in [0.15, 0.2) is 0 Å². The fourth-order valence-corrected chi connectivity index (χ4v) is 7.34. The Labute approximate surface area is 429 Å². The zero-order chi connectivity index (χ0) is 54.3. The Morgan fingerprint density at radius 2 is 1.09 bits per heavy atom. The van der Waals surface area contributed by atoms with Crippen LogP contribution in [-0.4, -0.2) is 63.2 Å². The predicted octanol–water partition coefficient (Wildman–Crippen LogP) is 10.5. The molecule has 7 rings (SSSR count). The minimum Gasteiger partial charge on any atom is -0.406 e. The number of nitrogens with zero attached hydrogens (tertiary/aromatic N) is 6. The number of benzene rings is 4. The Kier molecular flexibility index (Phi) is 19.9. The number of aromatic nitrogens is 4. The summed E-state index contributed by atoms with van der Waals surface area (Å²) in [6.07, 6.45) is -8.12. The van der Waals surface area contributed by atoms with E-state index in [-0.39, 0.29) is 46.1 Å². The molecule has 1 fully saturated rings. The Morgan fingerprint density at radius 3 is 1.57 bits per heavy atom.